The van der Waals surface area contributed by atoms with Gasteiger partial charge in [-0.3, -0.25) is 4.79 Å². The topological polar surface area (TPSA) is 46.5 Å². The van der Waals surface area contributed by atoms with E-state index in [1.807, 2.05) is 0 Å². The van der Waals surface area contributed by atoms with Crippen LogP contribution in [0.2, 0.25) is 0 Å². The van der Waals surface area contributed by atoms with Gasteiger partial charge in [0.25, 0.3) is 0 Å². The molecule has 0 unspecified atom stereocenters. The molecule has 3 nitrogen and oxygen atoms in total. The highest BCUT2D eigenvalue weighted by Crippen LogP contribution is 2.37. The molecule has 2 aromatic rings. The van der Waals surface area contributed by atoms with Crippen molar-refractivity contribution in [1.82, 2.24) is 0 Å². The Hall–Kier alpha value is -2.71. The quantitative estimate of drug-likeness (QED) is 0.227. The van der Waals surface area contributed by atoms with Crippen LogP contribution in [0, 0.1) is 0 Å². The van der Waals surface area contributed by atoms with Gasteiger partial charge in [-0.2, -0.15) is 26.3 Å². The summed E-state index contributed by atoms with van der Waals surface area (Å²) in [6.07, 6.45) is -3.87. The van der Waals surface area contributed by atoms with Crippen molar-refractivity contribution in [3.8, 4) is 11.5 Å². The standard InChI is InChI=1S/C23H24F6O3/c1-2-3-4-5-6-7-10-32-18-8-9-19(20(30)14-18)21(31)15-11-16(22(24,25)26)13-17(12-15)23(27,28)29/h8-9,11-14,30H,2-7,10H2,1H3. The van der Waals surface area contributed by atoms with Crippen LogP contribution in [0.4, 0.5) is 26.3 Å². The largest absolute Gasteiger partial charge is 0.507 e. The van der Waals surface area contributed by atoms with Crippen LogP contribution in [0.3, 0.4) is 0 Å². The first-order valence-electron chi connectivity index (χ1n) is 10.2. The number of benzene rings is 2. The van der Waals surface area contributed by atoms with Crippen molar-refractivity contribution >= 4 is 5.78 Å². The monoisotopic (exact) mass is 462 g/mol. The number of unbranched alkanes of at least 4 members (excludes halogenated alkanes) is 5. The second-order valence-electron chi connectivity index (χ2n) is 7.42. The maximum absolute atomic E-state index is 13.0. The number of aromatic hydroxyl groups is 1. The molecule has 9 heteroatoms. The van der Waals surface area contributed by atoms with E-state index in [0.717, 1.165) is 44.2 Å². The van der Waals surface area contributed by atoms with Crippen LogP contribution in [0.25, 0.3) is 0 Å². The van der Waals surface area contributed by atoms with Crippen LogP contribution >= 0.6 is 0 Å². The first kappa shape index (κ1) is 25.5. The molecule has 2 aromatic carbocycles. The maximum atomic E-state index is 13.0. The molecule has 0 atom stereocenters. The smallest absolute Gasteiger partial charge is 0.416 e. The van der Waals surface area contributed by atoms with Crippen molar-refractivity contribution in [3.63, 3.8) is 0 Å². The van der Waals surface area contributed by atoms with Crippen molar-refractivity contribution in [2.45, 2.75) is 57.8 Å². The van der Waals surface area contributed by atoms with E-state index in [1.54, 1.807) is 0 Å². The lowest BCUT2D eigenvalue weighted by Crippen LogP contribution is -2.14. The van der Waals surface area contributed by atoms with Gasteiger partial charge in [-0.15, -0.1) is 0 Å². The fourth-order valence-electron chi connectivity index (χ4n) is 3.11. The summed E-state index contributed by atoms with van der Waals surface area (Å²) in [5.41, 5.74) is -4.46. The van der Waals surface area contributed by atoms with Crippen molar-refractivity contribution in [2.24, 2.45) is 0 Å². The van der Waals surface area contributed by atoms with E-state index in [4.69, 9.17) is 4.74 Å². The second-order valence-corrected chi connectivity index (χ2v) is 7.42. The van der Waals surface area contributed by atoms with Gasteiger partial charge in [0.1, 0.15) is 11.5 Å². The molecule has 0 saturated heterocycles. The number of rotatable bonds is 10. The Bertz CT molecular complexity index is 887. The number of phenols is 1. The first-order chi connectivity index (χ1) is 14.9. The number of halogens is 6. The minimum Gasteiger partial charge on any atom is -0.507 e. The summed E-state index contributed by atoms with van der Waals surface area (Å²) in [5, 5.41) is 10.1. The third-order valence-electron chi connectivity index (χ3n) is 4.83. The molecule has 176 valence electrons. The third kappa shape index (κ3) is 7.17. The first-order valence-corrected chi connectivity index (χ1v) is 10.2. The van der Waals surface area contributed by atoms with E-state index in [9.17, 15) is 36.2 Å². The highest BCUT2D eigenvalue weighted by Gasteiger charge is 2.37. The predicted molar refractivity (Wildman–Crippen MR) is 107 cm³/mol. The van der Waals surface area contributed by atoms with Crippen LogP contribution in [0.15, 0.2) is 36.4 Å². The van der Waals surface area contributed by atoms with E-state index < -0.39 is 46.1 Å². The third-order valence-corrected chi connectivity index (χ3v) is 4.83. The summed E-state index contributed by atoms with van der Waals surface area (Å²) in [7, 11) is 0. The number of carbonyl (C=O) groups excluding carboxylic acids is 1. The van der Waals surface area contributed by atoms with E-state index in [0.29, 0.717) is 18.7 Å². The Kier molecular flexibility index (Phi) is 8.58. The SMILES string of the molecule is CCCCCCCCOc1ccc(C(=O)c2cc(C(F)(F)F)cc(C(F)(F)F)c2)c(O)c1. The number of hydrogen-bond donors (Lipinski definition) is 1. The van der Waals surface area contributed by atoms with Gasteiger partial charge in [0.2, 0.25) is 0 Å². The summed E-state index contributed by atoms with van der Waals surface area (Å²) in [6.45, 7) is 2.49. The molecular weight excluding hydrogens is 438 g/mol. The van der Waals surface area contributed by atoms with Crippen LogP contribution < -0.4 is 4.74 Å². The van der Waals surface area contributed by atoms with E-state index in [1.165, 1.54) is 12.5 Å². The van der Waals surface area contributed by atoms with Gasteiger partial charge in [0.05, 0.1) is 23.3 Å². The highest BCUT2D eigenvalue weighted by atomic mass is 19.4. The Morgan fingerprint density at radius 1 is 0.844 bits per heavy atom. The second kappa shape index (κ2) is 10.7. The predicted octanol–water partition coefficient (Wildman–Crippen LogP) is 7.40. The molecule has 0 bridgehead atoms. The number of ether oxygens (including phenoxy) is 1. The summed E-state index contributed by atoms with van der Waals surface area (Å²) in [6, 6.07) is 4.17. The van der Waals surface area contributed by atoms with E-state index >= 15 is 0 Å². The summed E-state index contributed by atoms with van der Waals surface area (Å²) in [5.74, 6) is -1.52. The van der Waals surface area contributed by atoms with Crippen LogP contribution in [-0.2, 0) is 12.4 Å². The minimum absolute atomic E-state index is 0.0597. The maximum Gasteiger partial charge on any atom is 0.416 e. The summed E-state index contributed by atoms with van der Waals surface area (Å²) in [4.78, 5) is 12.6. The Balaban J connectivity index is 2.16. The highest BCUT2D eigenvalue weighted by molar-refractivity contribution is 6.11. The lowest BCUT2D eigenvalue weighted by molar-refractivity contribution is -0.143. The Morgan fingerprint density at radius 2 is 1.41 bits per heavy atom. The molecule has 0 fully saturated rings. The lowest BCUT2D eigenvalue weighted by Gasteiger charge is -2.14. The van der Waals surface area contributed by atoms with Gasteiger partial charge in [-0.1, -0.05) is 39.0 Å². The molecule has 1 N–H and O–H groups in total. The molecule has 0 aliphatic carbocycles. The zero-order chi connectivity index (χ0) is 23.9. The molecule has 0 heterocycles. The molecule has 0 aromatic heterocycles. The van der Waals surface area contributed by atoms with Crippen molar-refractivity contribution in [1.29, 1.82) is 0 Å². The van der Waals surface area contributed by atoms with Crippen LogP contribution in [-0.4, -0.2) is 17.5 Å². The Morgan fingerprint density at radius 3 is 1.94 bits per heavy atom. The average molecular weight is 462 g/mol. The minimum atomic E-state index is -5.08. The number of carbonyl (C=O) groups is 1. The van der Waals surface area contributed by atoms with Gasteiger partial charge in [0.15, 0.2) is 5.78 Å². The molecule has 0 aliphatic heterocycles. The molecule has 0 spiro atoms. The zero-order valence-electron chi connectivity index (χ0n) is 17.4. The molecule has 0 radical (unpaired) electrons. The van der Waals surface area contributed by atoms with Gasteiger partial charge in [-0.05, 0) is 36.8 Å². The fourth-order valence-corrected chi connectivity index (χ4v) is 3.11. The van der Waals surface area contributed by atoms with Crippen LogP contribution in [0.5, 0.6) is 11.5 Å². The Labute approximate surface area is 182 Å². The molecule has 2 rings (SSSR count). The van der Waals surface area contributed by atoms with Gasteiger partial charge < -0.3 is 9.84 Å². The van der Waals surface area contributed by atoms with Gasteiger partial charge in [0, 0.05) is 11.6 Å². The molecule has 0 saturated carbocycles. The summed E-state index contributed by atoms with van der Waals surface area (Å²) >= 11 is 0. The van der Waals surface area contributed by atoms with E-state index in [2.05, 4.69) is 6.92 Å². The number of hydrogen-bond acceptors (Lipinski definition) is 3. The average Bonchev–Trinajstić information content (AvgIpc) is 2.71. The molecular formula is C23H24F6O3. The fraction of sp³-hybridized carbons (Fsp3) is 0.435. The molecule has 0 aliphatic rings. The van der Waals surface area contributed by atoms with Crippen molar-refractivity contribution < 1.29 is 41.0 Å². The molecule has 0 amide bonds. The zero-order valence-corrected chi connectivity index (χ0v) is 17.4. The number of ketones is 1. The number of alkyl halides is 6. The van der Waals surface area contributed by atoms with Gasteiger partial charge in [-0.25, -0.2) is 0 Å². The van der Waals surface area contributed by atoms with Crippen molar-refractivity contribution in [2.75, 3.05) is 6.61 Å². The van der Waals surface area contributed by atoms with Gasteiger partial charge >= 0.3 is 12.4 Å². The van der Waals surface area contributed by atoms with Crippen LogP contribution in [0.1, 0.15) is 72.5 Å². The summed E-state index contributed by atoms with van der Waals surface area (Å²) < 4.78 is 83.6. The molecule has 32 heavy (non-hydrogen) atoms. The lowest BCUT2D eigenvalue weighted by atomic mass is 9.97. The normalized spacial score (nSPS) is 12.1. The van der Waals surface area contributed by atoms with E-state index in [-0.39, 0.29) is 11.8 Å². The van der Waals surface area contributed by atoms with Crippen molar-refractivity contribution in [3.05, 3.63) is 58.7 Å². The number of phenolic OH excluding ortho intramolecular Hbond substituents is 1.